The quantitative estimate of drug-likeness (QED) is 0.684. The van der Waals surface area contributed by atoms with Crippen LogP contribution in [0.3, 0.4) is 0 Å². The van der Waals surface area contributed by atoms with E-state index in [0.29, 0.717) is 22.9 Å². The fraction of sp³-hybridized carbons (Fsp3) is 0.308. The molecule has 0 radical (unpaired) electrons. The molecule has 0 saturated carbocycles. The van der Waals surface area contributed by atoms with Crippen molar-refractivity contribution in [1.29, 1.82) is 0 Å². The van der Waals surface area contributed by atoms with Crippen LogP contribution in [0.4, 0.5) is 11.4 Å². The summed E-state index contributed by atoms with van der Waals surface area (Å²) < 4.78 is 23.0. The van der Waals surface area contributed by atoms with Gasteiger partial charge in [-0.25, -0.2) is 8.42 Å². The average molecular weight is 307 g/mol. The highest BCUT2D eigenvalue weighted by Gasteiger charge is 2.28. The lowest BCUT2D eigenvalue weighted by molar-refractivity contribution is -0.383. The van der Waals surface area contributed by atoms with Crippen LogP contribution in [0, 0.1) is 10.1 Å². The van der Waals surface area contributed by atoms with Gasteiger partial charge in [0.15, 0.2) is 9.84 Å². The molecule has 8 heteroatoms. The first kappa shape index (κ1) is 13.7. The molecule has 2 aromatic rings. The molecule has 21 heavy (non-hydrogen) atoms. The van der Waals surface area contributed by atoms with E-state index in [4.69, 9.17) is 0 Å². The van der Waals surface area contributed by atoms with Crippen LogP contribution in [0.25, 0.3) is 10.8 Å². The normalized spacial score (nSPS) is 20.5. The molecule has 1 aliphatic heterocycles. The lowest BCUT2D eigenvalue weighted by atomic mass is 10.1. The number of non-ortho nitro benzene ring substituents is 1. The summed E-state index contributed by atoms with van der Waals surface area (Å²) in [5.74, 6) is 0.272. The number of nitrogens with one attached hydrogen (secondary N) is 1. The number of fused-ring (bicyclic) bond motifs is 1. The van der Waals surface area contributed by atoms with Gasteiger partial charge in [-0.3, -0.25) is 15.1 Å². The summed E-state index contributed by atoms with van der Waals surface area (Å²) in [5, 5.41) is 15.3. The van der Waals surface area contributed by atoms with Crippen molar-refractivity contribution in [3.8, 4) is 0 Å². The Labute approximate surface area is 121 Å². The SMILES string of the molecule is O=[N+]([O-])c1ccc(NC2CCS(=O)(=O)C2)c2ccncc12. The van der Waals surface area contributed by atoms with Crippen molar-refractivity contribution in [3.05, 3.63) is 40.7 Å². The fourth-order valence-corrected chi connectivity index (χ4v) is 4.26. The lowest BCUT2D eigenvalue weighted by Gasteiger charge is -2.14. The summed E-state index contributed by atoms with van der Waals surface area (Å²) in [4.78, 5) is 14.5. The fourth-order valence-electron chi connectivity index (χ4n) is 2.59. The number of rotatable bonds is 3. The predicted octanol–water partition coefficient (Wildman–Crippen LogP) is 1.74. The smallest absolute Gasteiger partial charge is 0.278 e. The van der Waals surface area contributed by atoms with Crippen molar-refractivity contribution in [3.63, 3.8) is 0 Å². The third-order valence-electron chi connectivity index (χ3n) is 3.58. The van der Waals surface area contributed by atoms with E-state index in [2.05, 4.69) is 10.3 Å². The van der Waals surface area contributed by atoms with Gasteiger partial charge in [0.25, 0.3) is 5.69 Å². The molecule has 7 nitrogen and oxygen atoms in total. The monoisotopic (exact) mass is 307 g/mol. The standard InChI is InChI=1S/C13H13N3O4S/c17-16(18)13-2-1-12(10-3-5-14-7-11(10)13)15-9-4-6-21(19,20)8-9/h1-3,5,7,9,15H,4,6,8H2. The number of pyridine rings is 1. The number of nitrogens with zero attached hydrogens (tertiary/aromatic N) is 2. The molecule has 0 spiro atoms. The van der Waals surface area contributed by atoms with Crippen LogP contribution in [0.5, 0.6) is 0 Å². The van der Waals surface area contributed by atoms with Gasteiger partial charge in [0, 0.05) is 35.6 Å². The Bertz CT molecular complexity index is 819. The van der Waals surface area contributed by atoms with Crippen LogP contribution in [-0.4, -0.2) is 35.9 Å². The van der Waals surface area contributed by atoms with E-state index in [1.807, 2.05) is 0 Å². The van der Waals surface area contributed by atoms with E-state index in [-0.39, 0.29) is 23.2 Å². The topological polar surface area (TPSA) is 102 Å². The zero-order valence-electron chi connectivity index (χ0n) is 11.0. The third kappa shape index (κ3) is 2.66. The molecule has 1 atom stereocenters. The molecular weight excluding hydrogens is 294 g/mol. The molecule has 1 aliphatic rings. The predicted molar refractivity (Wildman–Crippen MR) is 79.1 cm³/mol. The largest absolute Gasteiger partial charge is 0.381 e. The zero-order valence-corrected chi connectivity index (χ0v) is 11.8. The Morgan fingerprint density at radius 2 is 2.10 bits per heavy atom. The molecule has 0 aliphatic carbocycles. The molecule has 1 N–H and O–H groups in total. The lowest BCUT2D eigenvalue weighted by Crippen LogP contribution is -2.20. The molecule has 1 unspecified atom stereocenters. The van der Waals surface area contributed by atoms with Crippen LogP contribution in [-0.2, 0) is 9.84 Å². The van der Waals surface area contributed by atoms with E-state index in [0.717, 1.165) is 0 Å². The van der Waals surface area contributed by atoms with Crippen LogP contribution in [0.1, 0.15) is 6.42 Å². The molecule has 3 rings (SSSR count). The van der Waals surface area contributed by atoms with E-state index >= 15 is 0 Å². The first-order chi connectivity index (χ1) is 9.96. The van der Waals surface area contributed by atoms with Crippen molar-refractivity contribution in [2.45, 2.75) is 12.5 Å². The van der Waals surface area contributed by atoms with E-state index in [1.54, 1.807) is 18.3 Å². The average Bonchev–Trinajstić information content (AvgIpc) is 2.78. The highest BCUT2D eigenvalue weighted by molar-refractivity contribution is 7.91. The highest BCUT2D eigenvalue weighted by atomic mass is 32.2. The van der Waals surface area contributed by atoms with Gasteiger partial charge in [-0.15, -0.1) is 0 Å². The molecule has 1 saturated heterocycles. The maximum atomic E-state index is 11.5. The van der Waals surface area contributed by atoms with Gasteiger partial charge < -0.3 is 5.32 Å². The van der Waals surface area contributed by atoms with Crippen LogP contribution in [0.2, 0.25) is 0 Å². The van der Waals surface area contributed by atoms with Gasteiger partial charge in [0.2, 0.25) is 0 Å². The number of sulfone groups is 1. The number of nitro groups is 1. The van der Waals surface area contributed by atoms with Crippen molar-refractivity contribution in [1.82, 2.24) is 4.98 Å². The number of aromatic nitrogens is 1. The van der Waals surface area contributed by atoms with Crippen LogP contribution in [0.15, 0.2) is 30.6 Å². The van der Waals surface area contributed by atoms with Gasteiger partial charge in [-0.1, -0.05) is 0 Å². The second kappa shape index (κ2) is 4.96. The van der Waals surface area contributed by atoms with Crippen LogP contribution < -0.4 is 5.32 Å². The number of anilines is 1. The van der Waals surface area contributed by atoms with Crippen molar-refractivity contribution < 1.29 is 13.3 Å². The van der Waals surface area contributed by atoms with Gasteiger partial charge in [-0.05, 0) is 18.6 Å². The zero-order chi connectivity index (χ0) is 15.0. The van der Waals surface area contributed by atoms with E-state index in [9.17, 15) is 18.5 Å². The number of nitro benzene ring substituents is 1. The molecule has 1 aromatic carbocycles. The Kier molecular flexibility index (Phi) is 3.25. The maximum Gasteiger partial charge on any atom is 0.278 e. The number of hydrogen-bond donors (Lipinski definition) is 1. The summed E-state index contributed by atoms with van der Waals surface area (Å²) in [6.07, 6.45) is 3.55. The van der Waals surface area contributed by atoms with Crippen molar-refractivity contribution in [2.75, 3.05) is 16.8 Å². The number of hydrogen-bond acceptors (Lipinski definition) is 6. The third-order valence-corrected chi connectivity index (χ3v) is 5.35. The molecular formula is C13H13N3O4S. The molecule has 1 aromatic heterocycles. The Hall–Kier alpha value is -2.22. The second-order valence-electron chi connectivity index (χ2n) is 5.05. The van der Waals surface area contributed by atoms with E-state index < -0.39 is 14.8 Å². The molecule has 2 heterocycles. The molecule has 0 amide bonds. The first-order valence-corrected chi connectivity index (χ1v) is 8.26. The van der Waals surface area contributed by atoms with Gasteiger partial charge in [0.1, 0.15) is 0 Å². The van der Waals surface area contributed by atoms with Gasteiger partial charge in [0.05, 0.1) is 21.8 Å². The van der Waals surface area contributed by atoms with Crippen LogP contribution >= 0.6 is 0 Å². The minimum atomic E-state index is -2.97. The van der Waals surface area contributed by atoms with Gasteiger partial charge >= 0.3 is 0 Å². The minimum Gasteiger partial charge on any atom is -0.381 e. The summed E-state index contributed by atoms with van der Waals surface area (Å²) in [5.41, 5.74) is 0.683. The van der Waals surface area contributed by atoms with E-state index in [1.165, 1.54) is 12.3 Å². The summed E-state index contributed by atoms with van der Waals surface area (Å²) >= 11 is 0. The van der Waals surface area contributed by atoms with Crippen molar-refractivity contribution in [2.24, 2.45) is 0 Å². The van der Waals surface area contributed by atoms with Crippen molar-refractivity contribution >= 4 is 32.0 Å². The Balaban J connectivity index is 2.01. The summed E-state index contributed by atoms with van der Waals surface area (Å²) in [7, 11) is -2.97. The van der Waals surface area contributed by atoms with Gasteiger partial charge in [-0.2, -0.15) is 0 Å². The summed E-state index contributed by atoms with van der Waals surface area (Å²) in [6.45, 7) is 0. The molecule has 110 valence electrons. The first-order valence-electron chi connectivity index (χ1n) is 6.44. The summed E-state index contributed by atoms with van der Waals surface area (Å²) in [6, 6.07) is 4.56. The number of benzene rings is 1. The Morgan fingerprint density at radius 3 is 2.76 bits per heavy atom. The molecule has 0 bridgehead atoms. The Morgan fingerprint density at radius 1 is 1.29 bits per heavy atom. The maximum absolute atomic E-state index is 11.5. The molecule has 1 fully saturated rings. The highest BCUT2D eigenvalue weighted by Crippen LogP contribution is 2.31. The second-order valence-corrected chi connectivity index (χ2v) is 7.28. The minimum absolute atomic E-state index is 0.0114.